The van der Waals surface area contributed by atoms with Crippen LogP contribution in [0.15, 0.2) is 0 Å². The molecule has 0 bridgehead atoms. The third-order valence-electron chi connectivity index (χ3n) is 1.93. The molecular formula is C11H23NO3. The van der Waals surface area contributed by atoms with E-state index in [0.717, 1.165) is 13.0 Å². The maximum Gasteiger partial charge on any atom is 0.332 e. The molecule has 1 atom stereocenters. The van der Waals surface area contributed by atoms with Crippen molar-refractivity contribution in [2.45, 2.75) is 33.3 Å². The van der Waals surface area contributed by atoms with Gasteiger partial charge in [-0.3, -0.25) is 0 Å². The standard InChI is InChI=1S/C11H23NO3/c1-9(2)5-6-12-7-10(3)15-11(13)8-14-4/h9-10,12H,5-8H2,1-4H3. The van der Waals surface area contributed by atoms with E-state index < -0.39 is 0 Å². The zero-order valence-electron chi connectivity index (χ0n) is 10.2. The number of ether oxygens (including phenoxy) is 2. The fraction of sp³-hybridized carbons (Fsp3) is 0.909. The predicted octanol–water partition coefficient (Wildman–Crippen LogP) is 1.20. The van der Waals surface area contributed by atoms with Gasteiger partial charge in [-0.05, 0) is 25.8 Å². The molecule has 1 unspecified atom stereocenters. The molecule has 0 aliphatic carbocycles. The Morgan fingerprint density at radius 2 is 2.00 bits per heavy atom. The van der Waals surface area contributed by atoms with Gasteiger partial charge >= 0.3 is 5.97 Å². The van der Waals surface area contributed by atoms with Crippen molar-refractivity contribution >= 4 is 5.97 Å². The van der Waals surface area contributed by atoms with Crippen molar-refractivity contribution in [3.8, 4) is 0 Å². The number of methoxy groups -OCH3 is 1. The number of carbonyl (C=O) groups is 1. The Morgan fingerprint density at radius 3 is 2.53 bits per heavy atom. The van der Waals surface area contributed by atoms with Crippen LogP contribution in [0.1, 0.15) is 27.2 Å². The van der Waals surface area contributed by atoms with Gasteiger partial charge in [0.05, 0.1) is 0 Å². The number of nitrogens with one attached hydrogen (secondary N) is 1. The fourth-order valence-electron chi connectivity index (χ4n) is 1.11. The Morgan fingerprint density at radius 1 is 1.33 bits per heavy atom. The summed E-state index contributed by atoms with van der Waals surface area (Å²) in [6.45, 7) is 7.92. The van der Waals surface area contributed by atoms with Crippen molar-refractivity contribution in [3.63, 3.8) is 0 Å². The molecule has 90 valence electrons. The SMILES string of the molecule is COCC(=O)OC(C)CNCCC(C)C. The van der Waals surface area contributed by atoms with Gasteiger partial charge in [-0.25, -0.2) is 4.79 Å². The maximum atomic E-state index is 11.0. The van der Waals surface area contributed by atoms with Gasteiger partial charge in [-0.15, -0.1) is 0 Å². The topological polar surface area (TPSA) is 47.6 Å². The second-order valence-electron chi connectivity index (χ2n) is 4.12. The summed E-state index contributed by atoms with van der Waals surface area (Å²) in [5, 5.41) is 3.25. The van der Waals surface area contributed by atoms with E-state index in [9.17, 15) is 4.79 Å². The lowest BCUT2D eigenvalue weighted by Crippen LogP contribution is -2.30. The summed E-state index contributed by atoms with van der Waals surface area (Å²) in [6.07, 6.45) is 1.04. The van der Waals surface area contributed by atoms with Gasteiger partial charge in [0.25, 0.3) is 0 Å². The molecule has 4 heteroatoms. The van der Waals surface area contributed by atoms with E-state index in [-0.39, 0.29) is 18.7 Å². The van der Waals surface area contributed by atoms with Crippen LogP contribution in [0.25, 0.3) is 0 Å². The summed E-state index contributed by atoms with van der Waals surface area (Å²) in [5.74, 6) is 0.388. The average molecular weight is 217 g/mol. The zero-order chi connectivity index (χ0) is 11.7. The molecule has 0 fully saturated rings. The average Bonchev–Trinajstić information content (AvgIpc) is 2.12. The van der Waals surface area contributed by atoms with E-state index in [4.69, 9.17) is 4.74 Å². The van der Waals surface area contributed by atoms with Crippen LogP contribution >= 0.6 is 0 Å². The van der Waals surface area contributed by atoms with Crippen molar-refractivity contribution in [1.29, 1.82) is 0 Å². The summed E-state index contributed by atoms with van der Waals surface area (Å²) < 4.78 is 9.74. The van der Waals surface area contributed by atoms with Crippen molar-refractivity contribution in [2.75, 3.05) is 26.8 Å². The molecule has 0 saturated heterocycles. The van der Waals surface area contributed by atoms with E-state index in [1.54, 1.807) is 0 Å². The minimum atomic E-state index is -0.310. The van der Waals surface area contributed by atoms with Crippen LogP contribution in [0, 0.1) is 5.92 Å². The monoisotopic (exact) mass is 217 g/mol. The van der Waals surface area contributed by atoms with Crippen LogP contribution in [0.3, 0.4) is 0 Å². The first kappa shape index (κ1) is 14.4. The van der Waals surface area contributed by atoms with E-state index in [1.165, 1.54) is 7.11 Å². The highest BCUT2D eigenvalue weighted by molar-refractivity contribution is 5.70. The molecule has 0 aliphatic rings. The molecule has 0 aromatic rings. The second kappa shape index (κ2) is 8.68. The molecule has 0 aromatic heterocycles. The van der Waals surface area contributed by atoms with Crippen LogP contribution in [-0.2, 0) is 14.3 Å². The lowest BCUT2D eigenvalue weighted by Gasteiger charge is -2.14. The molecule has 1 N–H and O–H groups in total. The number of rotatable bonds is 8. The van der Waals surface area contributed by atoms with Crippen LogP contribution in [0.4, 0.5) is 0 Å². The van der Waals surface area contributed by atoms with E-state index in [0.29, 0.717) is 12.5 Å². The molecule has 0 saturated carbocycles. The Labute approximate surface area is 92.3 Å². The highest BCUT2D eigenvalue weighted by Gasteiger charge is 2.08. The molecule has 0 amide bonds. The Bertz CT molecular complexity index is 171. The Kier molecular flexibility index (Phi) is 8.33. The summed E-state index contributed by atoms with van der Waals surface area (Å²) in [5.41, 5.74) is 0. The first-order valence-corrected chi connectivity index (χ1v) is 5.45. The molecule has 0 heterocycles. The third-order valence-corrected chi connectivity index (χ3v) is 1.93. The predicted molar refractivity (Wildman–Crippen MR) is 59.8 cm³/mol. The van der Waals surface area contributed by atoms with Gasteiger partial charge in [0.1, 0.15) is 12.7 Å². The largest absolute Gasteiger partial charge is 0.460 e. The quantitative estimate of drug-likeness (QED) is 0.490. The lowest BCUT2D eigenvalue weighted by atomic mass is 10.1. The highest BCUT2D eigenvalue weighted by atomic mass is 16.6. The molecule has 15 heavy (non-hydrogen) atoms. The second-order valence-corrected chi connectivity index (χ2v) is 4.12. The van der Waals surface area contributed by atoms with Crippen molar-refractivity contribution < 1.29 is 14.3 Å². The van der Waals surface area contributed by atoms with Crippen LogP contribution in [0.5, 0.6) is 0 Å². The number of hydrogen-bond donors (Lipinski definition) is 1. The molecular weight excluding hydrogens is 194 g/mol. The highest BCUT2D eigenvalue weighted by Crippen LogP contribution is 1.97. The molecule has 0 radical (unpaired) electrons. The first-order valence-electron chi connectivity index (χ1n) is 5.45. The first-order chi connectivity index (χ1) is 7.06. The van der Waals surface area contributed by atoms with Gasteiger partial charge in [-0.1, -0.05) is 13.8 Å². The van der Waals surface area contributed by atoms with Crippen molar-refractivity contribution in [3.05, 3.63) is 0 Å². The summed E-state index contributed by atoms with van der Waals surface area (Å²) in [6, 6.07) is 0. The lowest BCUT2D eigenvalue weighted by molar-refractivity contribution is -0.152. The van der Waals surface area contributed by atoms with Crippen molar-refractivity contribution in [2.24, 2.45) is 5.92 Å². The summed E-state index contributed by atoms with van der Waals surface area (Å²) in [7, 11) is 1.48. The number of carbonyl (C=O) groups excluding carboxylic acids is 1. The molecule has 0 aromatic carbocycles. The van der Waals surface area contributed by atoms with E-state index in [1.807, 2.05) is 6.92 Å². The number of hydrogen-bond acceptors (Lipinski definition) is 4. The minimum absolute atomic E-state index is 0.0241. The van der Waals surface area contributed by atoms with Gasteiger partial charge in [0.15, 0.2) is 0 Å². The molecule has 0 rings (SSSR count). The number of esters is 1. The molecule has 0 aliphatic heterocycles. The molecule has 0 spiro atoms. The maximum absolute atomic E-state index is 11.0. The fourth-order valence-corrected chi connectivity index (χ4v) is 1.11. The van der Waals surface area contributed by atoms with Gasteiger partial charge < -0.3 is 14.8 Å². The van der Waals surface area contributed by atoms with Gasteiger partial charge in [0.2, 0.25) is 0 Å². The molecule has 4 nitrogen and oxygen atoms in total. The van der Waals surface area contributed by atoms with Crippen LogP contribution in [-0.4, -0.2) is 38.9 Å². The van der Waals surface area contributed by atoms with E-state index in [2.05, 4.69) is 23.9 Å². The Balaban J connectivity index is 3.40. The summed E-state index contributed by atoms with van der Waals surface area (Å²) >= 11 is 0. The van der Waals surface area contributed by atoms with Crippen LogP contribution < -0.4 is 5.32 Å². The van der Waals surface area contributed by atoms with Crippen LogP contribution in [0.2, 0.25) is 0 Å². The van der Waals surface area contributed by atoms with Gasteiger partial charge in [-0.2, -0.15) is 0 Å². The van der Waals surface area contributed by atoms with Crippen molar-refractivity contribution in [1.82, 2.24) is 5.32 Å². The van der Waals surface area contributed by atoms with E-state index >= 15 is 0 Å². The van der Waals surface area contributed by atoms with Gasteiger partial charge in [0, 0.05) is 13.7 Å². The third kappa shape index (κ3) is 9.69. The minimum Gasteiger partial charge on any atom is -0.460 e. The normalized spacial score (nSPS) is 12.9. The Hall–Kier alpha value is -0.610. The zero-order valence-corrected chi connectivity index (χ0v) is 10.2. The summed E-state index contributed by atoms with van der Waals surface area (Å²) in [4.78, 5) is 11.0. The smallest absolute Gasteiger partial charge is 0.332 e.